The third-order valence-corrected chi connectivity index (χ3v) is 3.04. The van der Waals surface area contributed by atoms with Crippen molar-refractivity contribution in [1.82, 2.24) is 4.90 Å². The zero-order chi connectivity index (χ0) is 15.6. The number of carbonyl (C=O) groups excluding carboxylic acids is 1. The van der Waals surface area contributed by atoms with E-state index in [-0.39, 0.29) is 17.0 Å². The van der Waals surface area contributed by atoms with Gasteiger partial charge in [-0.3, -0.25) is 4.79 Å². The average Bonchev–Trinajstić information content (AvgIpc) is 2.46. The Kier molecular flexibility index (Phi) is 4.03. The Labute approximate surface area is 121 Å². The smallest absolute Gasteiger partial charge is 0.336 e. The molecule has 0 saturated heterocycles. The first-order chi connectivity index (χ1) is 9.90. The Bertz CT molecular complexity index is 710. The average molecular weight is 287 g/mol. The van der Waals surface area contributed by atoms with Crippen LogP contribution in [0.3, 0.4) is 0 Å². The molecule has 108 valence electrons. The lowest BCUT2D eigenvalue weighted by molar-refractivity contribution is 0.0697. The molecule has 0 unspecified atom stereocenters. The molecule has 2 rings (SSSR count). The van der Waals surface area contributed by atoms with Crippen LogP contribution in [0.25, 0.3) is 11.1 Å². The Hall–Kier alpha value is -2.69. The van der Waals surface area contributed by atoms with Crippen molar-refractivity contribution < 1.29 is 19.1 Å². The summed E-state index contributed by atoms with van der Waals surface area (Å²) in [7, 11) is 3.25. The summed E-state index contributed by atoms with van der Waals surface area (Å²) < 4.78 is 13.4. The van der Waals surface area contributed by atoms with E-state index in [4.69, 9.17) is 0 Å². The molecule has 21 heavy (non-hydrogen) atoms. The second-order valence-electron chi connectivity index (χ2n) is 4.78. The number of aromatic carboxylic acids is 1. The van der Waals surface area contributed by atoms with Gasteiger partial charge in [0, 0.05) is 19.7 Å². The predicted octanol–water partition coefficient (Wildman–Crippen LogP) is 2.89. The molecule has 0 radical (unpaired) electrons. The summed E-state index contributed by atoms with van der Waals surface area (Å²) in [6, 6.07) is 9.95. The number of amides is 1. The summed E-state index contributed by atoms with van der Waals surface area (Å²) >= 11 is 0. The third kappa shape index (κ3) is 3.08. The quantitative estimate of drug-likeness (QED) is 0.944. The minimum atomic E-state index is -1.14. The maximum Gasteiger partial charge on any atom is 0.336 e. The van der Waals surface area contributed by atoms with E-state index in [1.807, 2.05) is 0 Å². The lowest BCUT2D eigenvalue weighted by Crippen LogP contribution is -2.21. The number of benzene rings is 2. The Balaban J connectivity index is 2.57. The van der Waals surface area contributed by atoms with E-state index in [1.54, 1.807) is 38.4 Å². The number of hydrogen-bond donors (Lipinski definition) is 1. The first-order valence-corrected chi connectivity index (χ1v) is 6.25. The fourth-order valence-electron chi connectivity index (χ4n) is 2.02. The summed E-state index contributed by atoms with van der Waals surface area (Å²) in [5.74, 6) is -1.88. The SMILES string of the molecule is CN(C)C(=O)c1cccc(-c2cc(F)ccc2C(=O)O)c1. The van der Waals surface area contributed by atoms with Crippen molar-refractivity contribution in [3.8, 4) is 11.1 Å². The van der Waals surface area contributed by atoms with Crippen LogP contribution in [0.2, 0.25) is 0 Å². The van der Waals surface area contributed by atoms with Gasteiger partial charge in [-0.1, -0.05) is 12.1 Å². The van der Waals surface area contributed by atoms with Gasteiger partial charge < -0.3 is 10.0 Å². The number of carbonyl (C=O) groups is 2. The molecule has 1 N–H and O–H groups in total. The van der Waals surface area contributed by atoms with E-state index < -0.39 is 11.8 Å². The van der Waals surface area contributed by atoms with Crippen molar-refractivity contribution >= 4 is 11.9 Å². The lowest BCUT2D eigenvalue weighted by atomic mass is 9.97. The molecule has 0 bridgehead atoms. The van der Waals surface area contributed by atoms with Crippen molar-refractivity contribution in [2.24, 2.45) is 0 Å². The van der Waals surface area contributed by atoms with E-state index in [0.717, 1.165) is 12.1 Å². The molecule has 0 fully saturated rings. The van der Waals surface area contributed by atoms with Crippen LogP contribution in [0.5, 0.6) is 0 Å². The van der Waals surface area contributed by atoms with Crippen molar-refractivity contribution in [2.75, 3.05) is 14.1 Å². The van der Waals surface area contributed by atoms with Crippen LogP contribution >= 0.6 is 0 Å². The Morgan fingerprint density at radius 2 is 1.81 bits per heavy atom. The predicted molar refractivity (Wildman–Crippen MR) is 76.8 cm³/mol. The summed E-state index contributed by atoms with van der Waals surface area (Å²) in [6.07, 6.45) is 0. The van der Waals surface area contributed by atoms with Crippen LogP contribution in [0.15, 0.2) is 42.5 Å². The molecule has 0 aliphatic carbocycles. The van der Waals surface area contributed by atoms with E-state index in [2.05, 4.69) is 0 Å². The first-order valence-electron chi connectivity index (χ1n) is 6.25. The van der Waals surface area contributed by atoms with Crippen LogP contribution in [0, 0.1) is 5.82 Å². The van der Waals surface area contributed by atoms with Gasteiger partial charge in [-0.05, 0) is 41.5 Å². The number of nitrogens with zero attached hydrogens (tertiary/aromatic N) is 1. The highest BCUT2D eigenvalue weighted by molar-refractivity contribution is 5.98. The number of hydrogen-bond acceptors (Lipinski definition) is 2. The molecular weight excluding hydrogens is 273 g/mol. The van der Waals surface area contributed by atoms with Crippen molar-refractivity contribution in [3.05, 3.63) is 59.4 Å². The van der Waals surface area contributed by atoms with Crippen LogP contribution in [0.4, 0.5) is 4.39 Å². The van der Waals surface area contributed by atoms with Crippen molar-refractivity contribution in [1.29, 1.82) is 0 Å². The van der Waals surface area contributed by atoms with Gasteiger partial charge in [0.05, 0.1) is 5.56 Å². The summed E-state index contributed by atoms with van der Waals surface area (Å²) in [5.41, 5.74) is 1.14. The lowest BCUT2D eigenvalue weighted by Gasteiger charge is -2.12. The van der Waals surface area contributed by atoms with Gasteiger partial charge in [0.15, 0.2) is 0 Å². The topological polar surface area (TPSA) is 57.6 Å². The second-order valence-corrected chi connectivity index (χ2v) is 4.78. The van der Waals surface area contributed by atoms with Crippen molar-refractivity contribution in [2.45, 2.75) is 0 Å². The highest BCUT2D eigenvalue weighted by atomic mass is 19.1. The zero-order valence-electron chi connectivity index (χ0n) is 11.6. The first kappa shape index (κ1) is 14.7. The maximum atomic E-state index is 13.4. The van der Waals surface area contributed by atoms with E-state index in [1.165, 1.54) is 11.0 Å². The number of rotatable bonds is 3. The minimum absolute atomic E-state index is 0.00847. The third-order valence-electron chi connectivity index (χ3n) is 3.04. The molecule has 0 aliphatic heterocycles. The fourth-order valence-corrected chi connectivity index (χ4v) is 2.02. The minimum Gasteiger partial charge on any atom is -0.478 e. The number of carboxylic acid groups (broad SMARTS) is 1. The van der Waals surface area contributed by atoms with Crippen molar-refractivity contribution in [3.63, 3.8) is 0 Å². The van der Waals surface area contributed by atoms with Gasteiger partial charge in [-0.15, -0.1) is 0 Å². The molecule has 0 heterocycles. The zero-order valence-corrected chi connectivity index (χ0v) is 11.6. The number of halogens is 1. The van der Waals surface area contributed by atoms with Gasteiger partial charge in [-0.25, -0.2) is 9.18 Å². The summed E-state index contributed by atoms with van der Waals surface area (Å²) in [4.78, 5) is 24.6. The van der Waals surface area contributed by atoms with Gasteiger partial charge in [0.2, 0.25) is 0 Å². The van der Waals surface area contributed by atoms with E-state index >= 15 is 0 Å². The summed E-state index contributed by atoms with van der Waals surface area (Å²) in [6.45, 7) is 0. The van der Waals surface area contributed by atoms with Gasteiger partial charge in [0.25, 0.3) is 5.91 Å². The molecular formula is C16H14FNO3. The Morgan fingerprint density at radius 1 is 1.10 bits per heavy atom. The second kappa shape index (κ2) is 5.75. The Morgan fingerprint density at radius 3 is 2.43 bits per heavy atom. The van der Waals surface area contributed by atoms with Crippen LogP contribution < -0.4 is 0 Å². The highest BCUT2D eigenvalue weighted by Gasteiger charge is 2.15. The van der Waals surface area contributed by atoms with Crippen LogP contribution in [-0.2, 0) is 0 Å². The molecule has 0 spiro atoms. The van der Waals surface area contributed by atoms with Gasteiger partial charge in [-0.2, -0.15) is 0 Å². The fraction of sp³-hybridized carbons (Fsp3) is 0.125. The number of carboxylic acids is 1. The molecule has 0 atom stereocenters. The van der Waals surface area contributed by atoms with Crippen LogP contribution in [0.1, 0.15) is 20.7 Å². The summed E-state index contributed by atoms with van der Waals surface area (Å²) in [5, 5.41) is 9.19. The maximum absolute atomic E-state index is 13.4. The molecule has 5 heteroatoms. The van der Waals surface area contributed by atoms with Gasteiger partial charge >= 0.3 is 5.97 Å². The normalized spacial score (nSPS) is 10.2. The van der Waals surface area contributed by atoms with E-state index in [9.17, 15) is 19.1 Å². The molecule has 4 nitrogen and oxygen atoms in total. The highest BCUT2D eigenvalue weighted by Crippen LogP contribution is 2.26. The monoisotopic (exact) mass is 287 g/mol. The largest absolute Gasteiger partial charge is 0.478 e. The standard InChI is InChI=1S/C16H14FNO3/c1-18(2)15(19)11-5-3-4-10(8-11)14-9-12(17)6-7-13(14)16(20)21/h3-9H,1-2H3,(H,20,21). The molecule has 0 saturated carbocycles. The van der Waals surface area contributed by atoms with E-state index in [0.29, 0.717) is 11.1 Å². The molecule has 2 aromatic carbocycles. The van der Waals surface area contributed by atoms with Crippen LogP contribution in [-0.4, -0.2) is 36.0 Å². The molecule has 0 aliphatic rings. The van der Waals surface area contributed by atoms with Gasteiger partial charge in [0.1, 0.15) is 5.82 Å². The molecule has 1 amide bonds. The molecule has 2 aromatic rings. The molecule has 0 aromatic heterocycles.